The topological polar surface area (TPSA) is 96.4 Å². The molecule has 3 aliphatic heterocycles. The summed E-state index contributed by atoms with van der Waals surface area (Å²) in [6, 6.07) is 4.53. The van der Waals surface area contributed by atoms with E-state index in [9.17, 15) is 19.5 Å². The normalized spacial score (nSPS) is 26.9. The summed E-state index contributed by atoms with van der Waals surface area (Å²) in [7, 11) is 0. The Morgan fingerprint density at radius 2 is 2.05 bits per heavy atom. The lowest BCUT2D eigenvalue weighted by Gasteiger charge is -2.37. The Balaban J connectivity index is 1.70. The number of aliphatic hydroxyl groups is 1. The third-order valence-electron chi connectivity index (χ3n) is 8.20. The first-order valence-electron chi connectivity index (χ1n) is 13.9. The number of carbonyl (C=O) groups excluding carboxylic acids is 3. The molecule has 5 atom stereocenters. The zero-order valence-electron chi connectivity index (χ0n) is 22.6. The van der Waals surface area contributed by atoms with E-state index in [1.165, 1.54) is 0 Å². The van der Waals surface area contributed by atoms with Crippen LogP contribution in [0.1, 0.15) is 50.5 Å². The number of likely N-dealkylation sites (tertiary alicyclic amines) is 1. The maximum absolute atomic E-state index is 14.5. The van der Waals surface area contributed by atoms with Gasteiger partial charge in [0.1, 0.15) is 11.6 Å². The number of hydrogen-bond acceptors (Lipinski definition) is 6. The molecule has 2 amide bonds. The maximum Gasteiger partial charge on any atom is 0.312 e. The summed E-state index contributed by atoms with van der Waals surface area (Å²) >= 11 is 6.59. The number of amides is 2. The molecule has 0 saturated carbocycles. The summed E-state index contributed by atoms with van der Waals surface area (Å²) in [5, 5.41) is 9.66. The second kappa shape index (κ2) is 12.7. The highest BCUT2D eigenvalue weighted by atomic mass is 35.5. The lowest BCUT2D eigenvalue weighted by molar-refractivity contribution is -0.155. The number of esters is 1. The van der Waals surface area contributed by atoms with Crippen LogP contribution in [0.25, 0.3) is 0 Å². The highest BCUT2D eigenvalue weighted by molar-refractivity contribution is 6.34. The van der Waals surface area contributed by atoms with Gasteiger partial charge in [0, 0.05) is 19.7 Å². The van der Waals surface area contributed by atoms with Crippen LogP contribution in [-0.4, -0.2) is 71.8 Å². The fourth-order valence-corrected chi connectivity index (χ4v) is 6.87. The molecule has 212 valence electrons. The Labute approximate surface area is 235 Å². The number of ether oxygens (including phenoxy) is 2. The zero-order valence-corrected chi connectivity index (χ0v) is 23.4. The third kappa shape index (κ3) is 5.39. The first kappa shape index (κ1) is 29.3. The summed E-state index contributed by atoms with van der Waals surface area (Å²) in [6.07, 6.45) is 7.32. The number of fused-ring (bicyclic) bond motifs is 1. The van der Waals surface area contributed by atoms with Gasteiger partial charge in [-0.25, -0.2) is 0 Å². The van der Waals surface area contributed by atoms with Gasteiger partial charge in [0.05, 0.1) is 35.3 Å². The number of para-hydroxylation sites is 1. The van der Waals surface area contributed by atoms with Crippen molar-refractivity contribution in [3.63, 3.8) is 0 Å². The predicted molar refractivity (Wildman–Crippen MR) is 149 cm³/mol. The molecule has 3 aliphatic rings. The largest absolute Gasteiger partial charge is 0.465 e. The van der Waals surface area contributed by atoms with Gasteiger partial charge in [-0.2, -0.15) is 0 Å². The van der Waals surface area contributed by atoms with Crippen LogP contribution in [0.5, 0.6) is 0 Å². The number of unbranched alkanes of at least 4 members (excludes halogenated alkanes) is 3. The molecule has 3 saturated heterocycles. The minimum atomic E-state index is -1.12. The van der Waals surface area contributed by atoms with E-state index in [4.69, 9.17) is 21.1 Å². The Morgan fingerprint density at radius 1 is 1.26 bits per heavy atom. The first-order chi connectivity index (χ1) is 18.8. The Morgan fingerprint density at radius 3 is 2.74 bits per heavy atom. The van der Waals surface area contributed by atoms with Crippen LogP contribution in [0.4, 0.5) is 5.69 Å². The molecule has 1 aromatic carbocycles. The number of anilines is 1. The minimum Gasteiger partial charge on any atom is -0.465 e. The summed E-state index contributed by atoms with van der Waals surface area (Å²) in [4.78, 5) is 45.0. The second-order valence-electron chi connectivity index (χ2n) is 10.6. The monoisotopic (exact) mass is 558 g/mol. The Bertz CT molecular complexity index is 1090. The molecule has 39 heavy (non-hydrogen) atoms. The van der Waals surface area contributed by atoms with Crippen molar-refractivity contribution in [2.45, 2.75) is 69.6 Å². The summed E-state index contributed by atoms with van der Waals surface area (Å²) < 4.78 is 12.1. The molecule has 0 aromatic heterocycles. The van der Waals surface area contributed by atoms with Crippen molar-refractivity contribution in [3.8, 4) is 0 Å². The van der Waals surface area contributed by atoms with Crippen LogP contribution in [0, 0.1) is 18.8 Å². The van der Waals surface area contributed by atoms with Crippen LogP contribution in [0.3, 0.4) is 0 Å². The summed E-state index contributed by atoms with van der Waals surface area (Å²) in [6.45, 7) is 10.3. The van der Waals surface area contributed by atoms with Crippen molar-refractivity contribution in [2.75, 3.05) is 31.2 Å². The Kier molecular flexibility index (Phi) is 9.51. The molecule has 1 N–H and O–H groups in total. The average Bonchev–Trinajstić information content (AvgIpc) is 3.55. The van der Waals surface area contributed by atoms with Crippen molar-refractivity contribution in [3.05, 3.63) is 54.1 Å². The number of aliphatic hydroxyl groups excluding tert-OH is 1. The quantitative estimate of drug-likeness (QED) is 0.209. The number of benzene rings is 1. The maximum atomic E-state index is 14.5. The highest BCUT2D eigenvalue weighted by Crippen LogP contribution is 2.59. The van der Waals surface area contributed by atoms with Gasteiger partial charge in [-0.15, -0.1) is 13.2 Å². The van der Waals surface area contributed by atoms with Gasteiger partial charge >= 0.3 is 5.97 Å². The first-order valence-corrected chi connectivity index (χ1v) is 14.2. The number of carbonyl (C=O) groups is 3. The highest BCUT2D eigenvalue weighted by Gasteiger charge is 2.75. The van der Waals surface area contributed by atoms with E-state index >= 15 is 0 Å². The van der Waals surface area contributed by atoms with Gasteiger partial charge in [-0.05, 0) is 63.5 Å². The van der Waals surface area contributed by atoms with Crippen molar-refractivity contribution >= 4 is 35.1 Å². The van der Waals surface area contributed by atoms with Crippen LogP contribution in [-0.2, 0) is 23.9 Å². The number of aryl methyl sites for hydroxylation is 1. The van der Waals surface area contributed by atoms with E-state index < -0.39 is 35.6 Å². The number of halogens is 1. The van der Waals surface area contributed by atoms with Gasteiger partial charge in [0.25, 0.3) is 5.91 Å². The van der Waals surface area contributed by atoms with Crippen LogP contribution >= 0.6 is 11.6 Å². The molecule has 4 rings (SSSR count). The lowest BCUT2D eigenvalue weighted by atomic mass is 9.70. The standard InChI is InChI=1S/C30H39ClN2O6/c1-4-6-10-19-38-29(37)23-22-14-15-30(39-22)24(23)27(35)33(17-8-7-9-18-34)26(30)28(36)32(16-5-2)25-20(3)12-11-13-21(25)31/h4-5,11-13,22-24,26,34H,1-2,6-10,14-19H2,3H3/t22-,23+,24+,26?,30?/m1/s1. The molecular weight excluding hydrogens is 520 g/mol. The molecule has 1 spiro atoms. The van der Waals surface area contributed by atoms with Crippen LogP contribution in [0.15, 0.2) is 43.5 Å². The fourth-order valence-electron chi connectivity index (χ4n) is 6.54. The number of rotatable bonds is 14. The SMILES string of the molecule is C=CCCCOC(=O)[C@@H]1[C@H]2C(=O)N(CCCCCO)C(C(=O)N(CC=C)c3c(C)cccc3Cl)C23CC[C@H]1O3. The minimum absolute atomic E-state index is 0.0618. The van der Waals surface area contributed by atoms with E-state index in [-0.39, 0.29) is 31.6 Å². The van der Waals surface area contributed by atoms with E-state index in [1.807, 2.05) is 19.1 Å². The van der Waals surface area contributed by atoms with Gasteiger partial charge in [-0.3, -0.25) is 14.4 Å². The third-order valence-corrected chi connectivity index (χ3v) is 8.50. The second-order valence-corrected chi connectivity index (χ2v) is 11.0. The number of nitrogens with zero attached hydrogens (tertiary/aromatic N) is 2. The molecule has 9 heteroatoms. The summed E-state index contributed by atoms with van der Waals surface area (Å²) in [5.74, 6) is -2.52. The van der Waals surface area contributed by atoms with E-state index in [2.05, 4.69) is 13.2 Å². The van der Waals surface area contributed by atoms with Gasteiger partial charge in [-0.1, -0.05) is 35.9 Å². The number of allylic oxidation sites excluding steroid dienone is 1. The van der Waals surface area contributed by atoms with E-state index in [0.717, 1.165) is 12.0 Å². The summed E-state index contributed by atoms with van der Waals surface area (Å²) in [5.41, 5.74) is 0.278. The van der Waals surface area contributed by atoms with Crippen LogP contribution in [0.2, 0.25) is 5.02 Å². The molecule has 2 bridgehead atoms. The predicted octanol–water partition coefficient (Wildman–Crippen LogP) is 4.21. The van der Waals surface area contributed by atoms with Crippen molar-refractivity contribution < 1.29 is 29.0 Å². The van der Waals surface area contributed by atoms with Gasteiger partial charge in [0.15, 0.2) is 0 Å². The molecule has 2 unspecified atom stereocenters. The van der Waals surface area contributed by atoms with Crippen LogP contribution < -0.4 is 4.90 Å². The molecule has 0 aliphatic carbocycles. The van der Waals surface area contributed by atoms with Crippen molar-refractivity contribution in [2.24, 2.45) is 11.8 Å². The number of hydrogen-bond donors (Lipinski definition) is 1. The average molecular weight is 559 g/mol. The molecule has 3 heterocycles. The van der Waals surface area contributed by atoms with E-state index in [1.54, 1.807) is 28.0 Å². The molecule has 8 nitrogen and oxygen atoms in total. The van der Waals surface area contributed by atoms with E-state index in [0.29, 0.717) is 55.8 Å². The smallest absolute Gasteiger partial charge is 0.312 e. The van der Waals surface area contributed by atoms with Crippen molar-refractivity contribution in [1.82, 2.24) is 4.90 Å². The Hall–Kier alpha value is -2.68. The molecule has 3 fully saturated rings. The molecule has 0 radical (unpaired) electrons. The molecule has 1 aromatic rings. The molecular formula is C30H39ClN2O6. The zero-order chi connectivity index (χ0) is 28.2. The van der Waals surface area contributed by atoms with Gasteiger partial charge < -0.3 is 24.4 Å². The lowest BCUT2D eigenvalue weighted by Crippen LogP contribution is -2.56. The van der Waals surface area contributed by atoms with Crippen molar-refractivity contribution in [1.29, 1.82) is 0 Å². The van der Waals surface area contributed by atoms with Gasteiger partial charge in [0.2, 0.25) is 5.91 Å². The fraction of sp³-hybridized carbons (Fsp3) is 0.567.